The number of hydrogen-bond acceptors (Lipinski definition) is 7. The number of fused-ring (bicyclic) bond motifs is 2. The van der Waals surface area contributed by atoms with E-state index in [-0.39, 0.29) is 17.8 Å². The summed E-state index contributed by atoms with van der Waals surface area (Å²) in [5, 5.41) is 28.3. The van der Waals surface area contributed by atoms with Gasteiger partial charge in [0.15, 0.2) is 0 Å². The molecule has 2 aliphatic rings. The molecule has 0 amide bonds. The Balaban J connectivity index is 1.32. The number of aromatic hydroxyl groups is 1. The fraction of sp³-hybridized carbons (Fsp3) is 0.480. The highest BCUT2D eigenvalue weighted by atomic mass is 19.1. The van der Waals surface area contributed by atoms with Crippen LogP contribution in [0.5, 0.6) is 5.75 Å². The van der Waals surface area contributed by atoms with E-state index in [0.29, 0.717) is 29.7 Å². The van der Waals surface area contributed by atoms with Gasteiger partial charge < -0.3 is 20.4 Å². The third kappa shape index (κ3) is 4.50. The molecular weight excluding hydrogens is 435 g/mol. The van der Waals surface area contributed by atoms with Gasteiger partial charge in [-0.25, -0.2) is 9.37 Å². The van der Waals surface area contributed by atoms with Crippen molar-refractivity contribution in [1.29, 1.82) is 0 Å². The Bertz CT molecular complexity index is 1160. The molecule has 1 aromatic carbocycles. The van der Waals surface area contributed by atoms with E-state index >= 15 is 0 Å². The molecule has 2 unspecified atom stereocenters. The second-order valence-corrected chi connectivity index (χ2v) is 10.1. The normalized spacial score (nSPS) is 24.4. The lowest BCUT2D eigenvalue weighted by atomic mass is 9.96. The summed E-state index contributed by atoms with van der Waals surface area (Å²) in [6.45, 7) is 3.82. The summed E-state index contributed by atoms with van der Waals surface area (Å²) in [6.07, 6.45) is 8.52. The first-order chi connectivity index (χ1) is 16.2. The molecule has 2 aromatic heterocycles. The molecule has 34 heavy (non-hydrogen) atoms. The number of hydrogen-bond donors (Lipinski definition) is 3. The number of halogens is 1. The molecule has 3 N–H and O–H groups in total. The Morgan fingerprint density at radius 3 is 2.71 bits per heavy atom. The van der Waals surface area contributed by atoms with Gasteiger partial charge in [-0.05, 0) is 50.8 Å². The van der Waals surface area contributed by atoms with E-state index in [0.717, 1.165) is 30.4 Å². The smallest absolute Gasteiger partial charge is 0.147 e. The summed E-state index contributed by atoms with van der Waals surface area (Å²) in [5.74, 6) is 0.704. The largest absolute Gasteiger partial charge is 0.507 e. The van der Waals surface area contributed by atoms with Crippen molar-refractivity contribution in [3.63, 3.8) is 0 Å². The molecule has 3 aromatic rings. The highest BCUT2D eigenvalue weighted by Crippen LogP contribution is 2.35. The summed E-state index contributed by atoms with van der Waals surface area (Å²) in [4.78, 5) is 10.9. The van der Waals surface area contributed by atoms with Gasteiger partial charge >= 0.3 is 0 Å². The highest BCUT2D eigenvalue weighted by molar-refractivity contribution is 5.73. The summed E-state index contributed by atoms with van der Waals surface area (Å²) in [6, 6.07) is 5.43. The van der Waals surface area contributed by atoms with Crippen molar-refractivity contribution < 1.29 is 14.6 Å². The first-order valence-electron chi connectivity index (χ1n) is 11.7. The van der Waals surface area contributed by atoms with Crippen molar-refractivity contribution in [1.82, 2.24) is 25.1 Å². The van der Waals surface area contributed by atoms with Crippen LogP contribution in [0.25, 0.3) is 22.4 Å². The van der Waals surface area contributed by atoms with Crippen LogP contribution >= 0.6 is 0 Å². The molecule has 4 atom stereocenters. The summed E-state index contributed by atoms with van der Waals surface area (Å²) < 4.78 is 16.6. The van der Waals surface area contributed by atoms with Crippen molar-refractivity contribution in [2.45, 2.75) is 69.6 Å². The van der Waals surface area contributed by atoms with Crippen LogP contribution in [0.2, 0.25) is 0 Å². The molecule has 2 aliphatic heterocycles. The maximum Gasteiger partial charge on any atom is 0.147 e. The quantitative estimate of drug-likeness (QED) is 0.513. The molecule has 0 saturated carbocycles. The molecule has 180 valence electrons. The molecule has 0 radical (unpaired) electrons. The van der Waals surface area contributed by atoms with E-state index in [2.05, 4.69) is 20.4 Å². The number of phenols is 1. The molecule has 9 heteroatoms. The zero-order chi connectivity index (χ0) is 24.0. The van der Waals surface area contributed by atoms with E-state index in [4.69, 9.17) is 0 Å². The van der Waals surface area contributed by atoms with Crippen molar-refractivity contribution in [2.24, 2.45) is 0 Å². The topological polar surface area (TPSA) is 99.3 Å². The van der Waals surface area contributed by atoms with Gasteiger partial charge in [-0.15, -0.1) is 0 Å². The van der Waals surface area contributed by atoms with Gasteiger partial charge in [0.05, 0.1) is 42.5 Å². The maximum absolute atomic E-state index is 14.9. The molecule has 5 rings (SSSR count). The third-order valence-electron chi connectivity index (χ3n) is 6.84. The standard InChI is InChI=1S/C25H31FN6O2/c1-25(2,34)14-32-13-16(10-29-32)15-4-6-18(22(33)8-15)20-11-28-23(12-27-20)31(3)21-9-17-5-7-19(30-17)24(21)26/h4,6,8,10-13,17,19,21,24,30,33-34H,5,7,9,14H2,1-3H3/t17?,19?,21-,24+/m1/s1. The van der Waals surface area contributed by atoms with Crippen LogP contribution in [0.1, 0.15) is 33.1 Å². The Hall–Kier alpha value is -3.04. The zero-order valence-electron chi connectivity index (χ0n) is 19.7. The number of aliphatic hydroxyl groups is 1. The Kier molecular flexibility index (Phi) is 5.77. The van der Waals surface area contributed by atoms with Crippen molar-refractivity contribution in [3.05, 3.63) is 43.0 Å². The van der Waals surface area contributed by atoms with Crippen LogP contribution < -0.4 is 10.2 Å². The molecule has 8 nitrogen and oxygen atoms in total. The third-order valence-corrected chi connectivity index (χ3v) is 6.84. The number of nitrogens with one attached hydrogen (secondary N) is 1. The van der Waals surface area contributed by atoms with Crippen molar-refractivity contribution in [2.75, 3.05) is 11.9 Å². The lowest BCUT2D eigenvalue weighted by molar-refractivity contribution is 0.0577. The predicted octanol–water partition coefficient (Wildman–Crippen LogP) is 3.15. The van der Waals surface area contributed by atoms with E-state index in [1.165, 1.54) is 0 Å². The van der Waals surface area contributed by atoms with E-state index in [9.17, 15) is 14.6 Å². The molecule has 0 spiro atoms. The van der Waals surface area contributed by atoms with Gasteiger partial charge in [-0.3, -0.25) is 9.67 Å². The van der Waals surface area contributed by atoms with Crippen LogP contribution in [-0.4, -0.2) is 66.9 Å². The van der Waals surface area contributed by atoms with Crippen LogP contribution in [0, 0.1) is 0 Å². The van der Waals surface area contributed by atoms with Crippen molar-refractivity contribution in [3.8, 4) is 28.1 Å². The van der Waals surface area contributed by atoms with Gasteiger partial charge in [0.25, 0.3) is 0 Å². The van der Waals surface area contributed by atoms with Crippen LogP contribution in [0.15, 0.2) is 43.0 Å². The van der Waals surface area contributed by atoms with Gasteiger partial charge in [0.1, 0.15) is 17.7 Å². The Morgan fingerprint density at radius 1 is 1.18 bits per heavy atom. The number of benzene rings is 1. The van der Waals surface area contributed by atoms with Crippen LogP contribution in [0.3, 0.4) is 0 Å². The average molecular weight is 467 g/mol. The van der Waals surface area contributed by atoms with Gasteiger partial charge in [-0.2, -0.15) is 5.10 Å². The number of anilines is 1. The second-order valence-electron chi connectivity index (χ2n) is 10.1. The SMILES string of the molecule is CN(c1cnc(-c2ccc(-c3cnn(CC(C)(C)O)c3)cc2O)cn1)[C@@H]1CC2CCC(N2)[C@@H]1F. The van der Waals surface area contributed by atoms with E-state index < -0.39 is 11.8 Å². The lowest BCUT2D eigenvalue weighted by Crippen LogP contribution is -2.55. The predicted molar refractivity (Wildman–Crippen MR) is 128 cm³/mol. The number of piperidine rings is 1. The molecule has 0 aliphatic carbocycles. The van der Waals surface area contributed by atoms with Gasteiger partial charge in [0, 0.05) is 36.5 Å². The minimum Gasteiger partial charge on any atom is -0.507 e. The van der Waals surface area contributed by atoms with E-state index in [1.807, 2.05) is 24.2 Å². The number of aromatic nitrogens is 4. The van der Waals surface area contributed by atoms with E-state index in [1.54, 1.807) is 49.3 Å². The highest BCUT2D eigenvalue weighted by Gasteiger charge is 2.43. The summed E-state index contributed by atoms with van der Waals surface area (Å²) in [5.41, 5.74) is 1.89. The molecule has 2 saturated heterocycles. The van der Waals surface area contributed by atoms with Crippen LogP contribution in [0.4, 0.5) is 10.2 Å². The monoisotopic (exact) mass is 466 g/mol. The molecule has 2 fully saturated rings. The fourth-order valence-corrected chi connectivity index (χ4v) is 5.08. The summed E-state index contributed by atoms with van der Waals surface area (Å²) >= 11 is 0. The van der Waals surface area contributed by atoms with Gasteiger partial charge in [0.2, 0.25) is 0 Å². The number of nitrogens with zero attached hydrogens (tertiary/aromatic N) is 5. The lowest BCUT2D eigenvalue weighted by Gasteiger charge is -2.38. The average Bonchev–Trinajstić information content (AvgIpc) is 3.42. The Labute approximate surface area is 198 Å². The zero-order valence-corrected chi connectivity index (χ0v) is 19.7. The first-order valence-corrected chi connectivity index (χ1v) is 11.7. The molecule has 2 bridgehead atoms. The maximum atomic E-state index is 14.9. The first kappa shape index (κ1) is 22.7. The fourth-order valence-electron chi connectivity index (χ4n) is 5.08. The minimum absolute atomic E-state index is 0.0730. The Morgan fingerprint density at radius 2 is 2.00 bits per heavy atom. The number of rotatable bonds is 6. The minimum atomic E-state index is -0.936. The second kappa shape index (κ2) is 8.63. The number of phenolic OH excluding ortho intramolecular Hbond substituents is 1. The number of alkyl halides is 1. The molecular formula is C25H31FN6O2. The summed E-state index contributed by atoms with van der Waals surface area (Å²) in [7, 11) is 1.87. The van der Waals surface area contributed by atoms with Crippen LogP contribution in [-0.2, 0) is 6.54 Å². The van der Waals surface area contributed by atoms with Crippen molar-refractivity contribution >= 4 is 5.82 Å². The molecule has 4 heterocycles. The van der Waals surface area contributed by atoms with Gasteiger partial charge in [-0.1, -0.05) is 6.07 Å².